The molecule has 0 aliphatic heterocycles. The second-order valence-corrected chi connectivity index (χ2v) is 14.1. The van der Waals surface area contributed by atoms with Gasteiger partial charge in [-0.3, -0.25) is 19.2 Å². The Morgan fingerprint density at radius 2 is 1.71 bits per heavy atom. The number of ketones is 3. The fourth-order valence-electron chi connectivity index (χ4n) is 8.51. The third kappa shape index (κ3) is 6.95. The van der Waals surface area contributed by atoms with Crippen LogP contribution in [0.5, 0.6) is 0 Å². The molecule has 4 aliphatic carbocycles. The first-order valence-corrected chi connectivity index (χ1v) is 16.9. The van der Waals surface area contributed by atoms with Gasteiger partial charge in [-0.15, -0.1) is 23.2 Å². The predicted octanol–water partition coefficient (Wildman–Crippen LogP) is 5.14. The second-order valence-electron chi connectivity index (χ2n) is 13.3. The zero-order chi connectivity index (χ0) is 33.0. The van der Waals surface area contributed by atoms with E-state index in [0.29, 0.717) is 31.0 Å². The Hall–Kier alpha value is -2.52. The number of rotatable bonds is 11. The van der Waals surface area contributed by atoms with Gasteiger partial charge >= 0.3 is 5.97 Å². The van der Waals surface area contributed by atoms with Crippen molar-refractivity contribution in [3.63, 3.8) is 0 Å². The minimum atomic E-state index is -1.62. The lowest BCUT2D eigenvalue weighted by Crippen LogP contribution is -2.60. The topological polar surface area (TPSA) is 132 Å². The van der Waals surface area contributed by atoms with Crippen molar-refractivity contribution < 1.29 is 34.5 Å². The van der Waals surface area contributed by atoms with Gasteiger partial charge in [-0.25, -0.2) is 0 Å². The molecule has 1 aromatic rings. The molecular formula is C35H45Cl2NO7. The van der Waals surface area contributed by atoms with Crippen molar-refractivity contribution in [2.24, 2.45) is 28.6 Å². The molecule has 1 aromatic carbocycles. The molecule has 0 radical (unpaired) electrons. The molecule has 10 heteroatoms. The number of hydrogen-bond donors (Lipinski definition) is 3. The van der Waals surface area contributed by atoms with Gasteiger partial charge in [0.2, 0.25) is 0 Å². The molecule has 246 valence electrons. The minimum Gasteiger partial charge on any atom is -0.481 e. The first kappa shape index (κ1) is 35.3. The summed E-state index contributed by atoms with van der Waals surface area (Å²) in [6.07, 6.45) is 9.50. The zero-order valence-corrected chi connectivity index (χ0v) is 27.7. The fourth-order valence-corrected chi connectivity index (χ4v) is 8.92. The molecule has 0 aromatic heterocycles. The van der Waals surface area contributed by atoms with Crippen LogP contribution in [0.4, 0.5) is 5.69 Å². The highest BCUT2D eigenvalue weighted by Gasteiger charge is 2.68. The highest BCUT2D eigenvalue weighted by Crippen LogP contribution is 2.66. The van der Waals surface area contributed by atoms with E-state index in [9.17, 15) is 29.4 Å². The number of benzene rings is 1. The Bertz CT molecular complexity index is 1340. The number of carbonyl (C=O) groups is 4. The van der Waals surface area contributed by atoms with Crippen molar-refractivity contribution in [2.45, 2.75) is 70.8 Å². The largest absolute Gasteiger partial charge is 0.481 e. The van der Waals surface area contributed by atoms with E-state index >= 15 is 0 Å². The van der Waals surface area contributed by atoms with Crippen LogP contribution in [-0.4, -0.2) is 75.7 Å². The van der Waals surface area contributed by atoms with E-state index in [1.54, 1.807) is 12.2 Å². The lowest BCUT2D eigenvalue weighted by molar-refractivity contribution is -0.168. The number of nitrogens with zero attached hydrogens (tertiary/aromatic N) is 1. The maximum absolute atomic E-state index is 13.3. The standard InChI is InChI=1S/C21H26O5.C14H19Cl2NO2/c1-19-7-5-13(23)9-12(19)3-4-14-15-6-8-21(26,17(25)11-22)20(15,2)10-16(24)18(14)19;15-8-10-17(11-9-16)13-6-4-12(5-7-13)2-1-3-14(18)19/h5,7,9,14-15,18,22,26H,3-4,6,8,10-11H2,1-2H3;4-7H,1-3,8-11H2,(H,18,19)/t14-,15-,18+,19-,20-,21-;/m0./s1. The van der Waals surface area contributed by atoms with Crippen LogP contribution in [-0.2, 0) is 25.6 Å². The Balaban J connectivity index is 0.000000217. The van der Waals surface area contributed by atoms with Gasteiger partial charge in [0.05, 0.1) is 0 Å². The van der Waals surface area contributed by atoms with E-state index in [-0.39, 0.29) is 42.2 Å². The molecule has 3 saturated carbocycles. The summed E-state index contributed by atoms with van der Waals surface area (Å²) in [5, 5.41) is 29.1. The number of alkyl halides is 2. The van der Waals surface area contributed by atoms with Gasteiger partial charge in [0.25, 0.3) is 0 Å². The van der Waals surface area contributed by atoms with E-state index in [2.05, 4.69) is 4.90 Å². The van der Waals surface area contributed by atoms with Crippen LogP contribution in [0.2, 0.25) is 0 Å². The molecule has 3 fully saturated rings. The van der Waals surface area contributed by atoms with Crippen molar-refractivity contribution >= 4 is 52.2 Å². The normalized spacial score (nSPS) is 31.6. The Labute approximate surface area is 275 Å². The van der Waals surface area contributed by atoms with Crippen LogP contribution in [0.3, 0.4) is 0 Å². The average molecular weight is 663 g/mol. The molecular weight excluding hydrogens is 617 g/mol. The summed E-state index contributed by atoms with van der Waals surface area (Å²) in [7, 11) is 0. The summed E-state index contributed by atoms with van der Waals surface area (Å²) in [5.41, 5.74) is 0.392. The molecule has 6 atom stereocenters. The summed E-state index contributed by atoms with van der Waals surface area (Å²) in [6, 6.07) is 8.14. The number of halogens is 2. The summed E-state index contributed by atoms with van der Waals surface area (Å²) >= 11 is 11.5. The van der Waals surface area contributed by atoms with Gasteiger partial charge in [-0.2, -0.15) is 0 Å². The highest BCUT2D eigenvalue weighted by molar-refractivity contribution is 6.18. The molecule has 4 aliphatic rings. The van der Waals surface area contributed by atoms with Crippen molar-refractivity contribution in [2.75, 3.05) is 36.4 Å². The Kier molecular flexibility index (Phi) is 11.4. The number of allylic oxidation sites excluding steroid dienone is 4. The van der Waals surface area contributed by atoms with Crippen molar-refractivity contribution in [1.82, 2.24) is 0 Å². The van der Waals surface area contributed by atoms with Crippen LogP contribution in [0.25, 0.3) is 0 Å². The first-order valence-electron chi connectivity index (χ1n) is 15.9. The smallest absolute Gasteiger partial charge is 0.303 e. The van der Waals surface area contributed by atoms with Crippen molar-refractivity contribution in [3.05, 3.63) is 53.6 Å². The van der Waals surface area contributed by atoms with Crippen molar-refractivity contribution in [1.29, 1.82) is 0 Å². The van der Waals surface area contributed by atoms with Crippen LogP contribution < -0.4 is 4.90 Å². The first-order chi connectivity index (χ1) is 21.3. The predicted molar refractivity (Wildman–Crippen MR) is 175 cm³/mol. The second kappa shape index (κ2) is 14.5. The van der Waals surface area contributed by atoms with Gasteiger partial charge in [0, 0.05) is 60.1 Å². The summed E-state index contributed by atoms with van der Waals surface area (Å²) in [4.78, 5) is 50.0. The Morgan fingerprint density at radius 1 is 1.04 bits per heavy atom. The van der Waals surface area contributed by atoms with Crippen LogP contribution >= 0.6 is 23.2 Å². The van der Waals surface area contributed by atoms with Crippen LogP contribution in [0.1, 0.15) is 64.4 Å². The van der Waals surface area contributed by atoms with Gasteiger partial charge in [-0.05, 0) is 80.2 Å². The molecule has 0 amide bonds. The SMILES string of the molecule is C[C@]12C=CC(=O)C=C1CC[C@@H]1[C@@H]2C(=O)C[C@@]2(C)[C@H]1CC[C@]2(O)C(=O)CO.O=C(O)CCCc1ccc(N(CCCl)CCCl)cc1. The van der Waals surface area contributed by atoms with E-state index in [1.807, 2.05) is 44.2 Å². The molecule has 45 heavy (non-hydrogen) atoms. The highest BCUT2D eigenvalue weighted by atomic mass is 35.5. The molecule has 0 saturated heterocycles. The summed E-state index contributed by atoms with van der Waals surface area (Å²) < 4.78 is 0. The number of aliphatic hydroxyl groups excluding tert-OH is 1. The number of anilines is 1. The third-order valence-electron chi connectivity index (χ3n) is 10.9. The number of aliphatic carboxylic acids is 1. The monoisotopic (exact) mass is 661 g/mol. The molecule has 5 rings (SSSR count). The van der Waals surface area contributed by atoms with Crippen molar-refractivity contribution in [3.8, 4) is 0 Å². The Morgan fingerprint density at radius 3 is 2.31 bits per heavy atom. The number of hydrogen-bond acceptors (Lipinski definition) is 7. The molecule has 3 N–H and O–H groups in total. The van der Waals surface area contributed by atoms with Gasteiger partial charge in [-0.1, -0.05) is 37.6 Å². The lowest BCUT2D eigenvalue weighted by atomic mass is 9.46. The quantitative estimate of drug-likeness (QED) is 0.278. The van der Waals surface area contributed by atoms with Gasteiger partial charge < -0.3 is 20.2 Å². The van der Waals surface area contributed by atoms with Gasteiger partial charge in [0.15, 0.2) is 11.6 Å². The van der Waals surface area contributed by atoms with Crippen LogP contribution in [0, 0.1) is 28.6 Å². The molecule has 0 heterocycles. The number of carboxylic acid groups (broad SMARTS) is 1. The van der Waals surface area contributed by atoms with E-state index in [1.165, 1.54) is 0 Å². The average Bonchev–Trinajstić information content (AvgIpc) is 3.28. The zero-order valence-electron chi connectivity index (χ0n) is 26.1. The number of Topliss-reactive ketones (excluding diaryl/α,β-unsaturated/α-hetero) is 2. The molecule has 0 bridgehead atoms. The maximum Gasteiger partial charge on any atom is 0.303 e. The lowest BCUT2D eigenvalue weighted by Gasteiger charge is -2.56. The summed E-state index contributed by atoms with van der Waals surface area (Å²) in [5.74, 6) is -0.200. The number of carbonyl (C=O) groups excluding carboxylic acids is 3. The van der Waals surface area contributed by atoms with Crippen LogP contribution in [0.15, 0.2) is 48.1 Å². The number of aryl methyl sites for hydroxylation is 1. The van der Waals surface area contributed by atoms with E-state index in [0.717, 1.165) is 49.2 Å². The van der Waals surface area contributed by atoms with E-state index in [4.69, 9.17) is 28.3 Å². The maximum atomic E-state index is 13.3. The third-order valence-corrected chi connectivity index (χ3v) is 11.2. The number of fused-ring (bicyclic) bond motifs is 5. The van der Waals surface area contributed by atoms with E-state index < -0.39 is 34.8 Å². The molecule has 8 nitrogen and oxygen atoms in total. The fraction of sp³-hybridized carbons (Fsp3) is 0.600. The van der Waals surface area contributed by atoms with Gasteiger partial charge in [0.1, 0.15) is 18.0 Å². The minimum absolute atomic E-state index is 0.0206. The number of aliphatic hydroxyl groups is 2. The molecule has 0 spiro atoms. The summed E-state index contributed by atoms with van der Waals surface area (Å²) in [6.45, 7) is 4.73. The molecule has 0 unspecified atom stereocenters. The number of carboxylic acids is 1.